The van der Waals surface area contributed by atoms with Crippen LogP contribution in [0, 0.1) is 0 Å². The summed E-state index contributed by atoms with van der Waals surface area (Å²) in [7, 11) is 1.89. The van der Waals surface area contributed by atoms with E-state index in [1.807, 2.05) is 0 Å². The van der Waals surface area contributed by atoms with Crippen molar-refractivity contribution in [3.63, 3.8) is 0 Å². The second kappa shape index (κ2) is 5.10. The highest BCUT2D eigenvalue weighted by molar-refractivity contribution is 6.99. The Morgan fingerprint density at radius 1 is 1.06 bits per heavy atom. The molecule has 0 fully saturated rings. The summed E-state index contributed by atoms with van der Waals surface area (Å²) in [5.74, 6) is 0. The molecule has 18 heavy (non-hydrogen) atoms. The van der Waals surface area contributed by atoms with Gasteiger partial charge in [0.25, 0.3) is 0 Å². The summed E-state index contributed by atoms with van der Waals surface area (Å²) >= 11 is 0. The van der Waals surface area contributed by atoms with E-state index < -0.39 is 16.1 Å². The molecule has 0 aliphatic heterocycles. The molecule has 0 radical (unpaired) electrons. The molecule has 0 aromatic heterocycles. The number of hydrogen-bond donors (Lipinski definition) is 0. The standard InChI is InChI=1S/C15H31NSi2/c1-16(2)13-15(17(3,4)5,18(6,7)8)14-11-9-10-12-14/h9-11H,12-13H2,1-8H3. The third-order valence-corrected chi connectivity index (χ3v) is 15.0. The van der Waals surface area contributed by atoms with Crippen LogP contribution in [-0.4, -0.2) is 41.7 Å². The first-order valence-corrected chi connectivity index (χ1v) is 14.0. The number of nitrogens with zero attached hydrogens (tertiary/aromatic N) is 1. The smallest absolute Gasteiger partial charge is 0.0540 e. The van der Waals surface area contributed by atoms with E-state index in [4.69, 9.17) is 0 Å². The first-order chi connectivity index (χ1) is 8.02. The molecule has 0 aromatic rings. The molecule has 0 unspecified atom stereocenters. The second-order valence-electron chi connectivity index (χ2n) is 7.97. The first-order valence-electron chi connectivity index (χ1n) is 7.03. The summed E-state index contributed by atoms with van der Waals surface area (Å²) in [6.45, 7) is 16.6. The maximum absolute atomic E-state index is 2.56. The van der Waals surface area contributed by atoms with Crippen molar-refractivity contribution >= 4 is 16.1 Å². The van der Waals surface area contributed by atoms with Crippen LogP contribution in [0.15, 0.2) is 23.8 Å². The molecule has 0 amide bonds. The van der Waals surface area contributed by atoms with Gasteiger partial charge in [0.05, 0.1) is 16.1 Å². The maximum Gasteiger partial charge on any atom is 0.0540 e. The van der Waals surface area contributed by atoms with E-state index >= 15 is 0 Å². The van der Waals surface area contributed by atoms with Gasteiger partial charge in [-0.1, -0.05) is 63.1 Å². The van der Waals surface area contributed by atoms with Crippen molar-refractivity contribution in [3.05, 3.63) is 23.8 Å². The van der Waals surface area contributed by atoms with Crippen LogP contribution in [0.2, 0.25) is 43.9 Å². The van der Waals surface area contributed by atoms with Gasteiger partial charge in [-0.15, -0.1) is 0 Å². The minimum atomic E-state index is -1.29. The van der Waals surface area contributed by atoms with Crippen molar-refractivity contribution < 1.29 is 0 Å². The normalized spacial score (nSPS) is 17.5. The molecule has 1 aliphatic rings. The van der Waals surface area contributed by atoms with E-state index in [1.165, 1.54) is 13.0 Å². The Kier molecular flexibility index (Phi) is 4.51. The van der Waals surface area contributed by atoms with Crippen LogP contribution in [-0.2, 0) is 0 Å². The van der Waals surface area contributed by atoms with Crippen LogP contribution in [0.1, 0.15) is 6.42 Å². The molecule has 0 saturated heterocycles. The Balaban J connectivity index is 3.36. The first kappa shape index (κ1) is 15.9. The molecule has 0 N–H and O–H groups in total. The Bertz CT molecular complexity index is 340. The zero-order valence-corrected chi connectivity index (χ0v) is 15.6. The SMILES string of the molecule is CN(C)CC(C1=CC=CC1)([Si](C)(C)C)[Si](C)(C)C. The van der Waals surface area contributed by atoms with Crippen molar-refractivity contribution in [2.24, 2.45) is 0 Å². The van der Waals surface area contributed by atoms with Crippen molar-refractivity contribution in [1.29, 1.82) is 0 Å². The lowest BCUT2D eigenvalue weighted by Crippen LogP contribution is -2.59. The lowest BCUT2D eigenvalue weighted by Gasteiger charge is -2.54. The fraction of sp³-hybridized carbons (Fsp3) is 0.733. The molecule has 1 rings (SSSR count). The molecule has 0 heterocycles. The lowest BCUT2D eigenvalue weighted by molar-refractivity contribution is 0.388. The summed E-state index contributed by atoms with van der Waals surface area (Å²) < 4.78 is 0.479. The molecule has 0 bridgehead atoms. The lowest BCUT2D eigenvalue weighted by atomic mass is 10.1. The number of hydrogen-bond acceptors (Lipinski definition) is 1. The van der Waals surface area contributed by atoms with Crippen LogP contribution in [0.4, 0.5) is 0 Å². The topological polar surface area (TPSA) is 3.24 Å². The van der Waals surface area contributed by atoms with Crippen LogP contribution < -0.4 is 0 Å². The van der Waals surface area contributed by atoms with Gasteiger partial charge in [0.15, 0.2) is 0 Å². The predicted octanol–water partition coefficient (Wildman–Crippen LogP) is 4.39. The Hall–Kier alpha value is -0.126. The van der Waals surface area contributed by atoms with Gasteiger partial charge in [0.1, 0.15) is 0 Å². The van der Waals surface area contributed by atoms with Gasteiger partial charge in [-0.2, -0.15) is 0 Å². The third-order valence-electron chi connectivity index (χ3n) is 4.43. The molecule has 0 spiro atoms. The molecule has 1 aliphatic carbocycles. The van der Waals surface area contributed by atoms with Gasteiger partial charge in [-0.25, -0.2) is 0 Å². The van der Waals surface area contributed by atoms with Crippen molar-refractivity contribution in [3.8, 4) is 0 Å². The molecule has 0 aromatic carbocycles. The van der Waals surface area contributed by atoms with Gasteiger partial charge in [-0.05, 0) is 25.2 Å². The minimum absolute atomic E-state index is 0.479. The third kappa shape index (κ3) is 2.73. The van der Waals surface area contributed by atoms with Crippen LogP contribution in [0.3, 0.4) is 0 Å². The minimum Gasteiger partial charge on any atom is -0.309 e. The van der Waals surface area contributed by atoms with E-state index in [0.29, 0.717) is 4.66 Å². The number of rotatable bonds is 5. The zero-order valence-electron chi connectivity index (χ0n) is 13.6. The Labute approximate surface area is 116 Å². The Morgan fingerprint density at radius 3 is 1.83 bits per heavy atom. The maximum atomic E-state index is 2.56. The summed E-state index contributed by atoms with van der Waals surface area (Å²) in [6.07, 6.45) is 8.20. The predicted molar refractivity (Wildman–Crippen MR) is 89.8 cm³/mol. The van der Waals surface area contributed by atoms with Gasteiger partial charge in [0, 0.05) is 6.54 Å². The summed E-state index contributed by atoms with van der Waals surface area (Å²) in [5.41, 5.74) is 1.72. The fourth-order valence-electron chi connectivity index (χ4n) is 3.90. The highest BCUT2D eigenvalue weighted by Gasteiger charge is 2.54. The van der Waals surface area contributed by atoms with E-state index in [1.54, 1.807) is 5.57 Å². The molecule has 3 heteroatoms. The molecular weight excluding hydrogens is 250 g/mol. The molecular formula is C15H31NSi2. The highest BCUT2D eigenvalue weighted by Crippen LogP contribution is 2.54. The van der Waals surface area contributed by atoms with Crippen LogP contribution in [0.25, 0.3) is 0 Å². The molecule has 104 valence electrons. The second-order valence-corrected chi connectivity index (χ2v) is 19.2. The zero-order chi connectivity index (χ0) is 14.2. The quantitative estimate of drug-likeness (QED) is 0.676. The Morgan fingerprint density at radius 2 is 1.56 bits per heavy atom. The van der Waals surface area contributed by atoms with Crippen LogP contribution >= 0.6 is 0 Å². The van der Waals surface area contributed by atoms with Gasteiger partial charge in [-0.3, -0.25) is 0 Å². The van der Waals surface area contributed by atoms with E-state index in [2.05, 4.69) is 76.5 Å². The average Bonchev–Trinajstić information content (AvgIpc) is 2.61. The average molecular weight is 282 g/mol. The van der Waals surface area contributed by atoms with Crippen molar-refractivity contribution in [2.75, 3.05) is 20.6 Å². The largest absolute Gasteiger partial charge is 0.309 e. The highest BCUT2D eigenvalue weighted by atomic mass is 28.4. The molecule has 0 saturated carbocycles. The van der Waals surface area contributed by atoms with Crippen molar-refractivity contribution in [2.45, 2.75) is 50.4 Å². The van der Waals surface area contributed by atoms with E-state index in [0.717, 1.165) is 0 Å². The number of allylic oxidation sites excluding steroid dienone is 3. The van der Waals surface area contributed by atoms with Crippen molar-refractivity contribution in [1.82, 2.24) is 4.90 Å². The van der Waals surface area contributed by atoms with Gasteiger partial charge in [0.2, 0.25) is 0 Å². The van der Waals surface area contributed by atoms with Gasteiger partial charge >= 0.3 is 0 Å². The summed E-state index contributed by atoms with van der Waals surface area (Å²) in [4.78, 5) is 2.41. The molecule has 0 atom stereocenters. The monoisotopic (exact) mass is 281 g/mol. The van der Waals surface area contributed by atoms with E-state index in [9.17, 15) is 0 Å². The van der Waals surface area contributed by atoms with Crippen LogP contribution in [0.5, 0.6) is 0 Å². The summed E-state index contributed by atoms with van der Waals surface area (Å²) in [6, 6.07) is 0. The van der Waals surface area contributed by atoms with Gasteiger partial charge < -0.3 is 4.90 Å². The summed E-state index contributed by atoms with van der Waals surface area (Å²) in [5, 5.41) is 0. The molecule has 1 nitrogen and oxygen atoms in total. The fourth-order valence-corrected chi connectivity index (χ4v) is 16.8. The van der Waals surface area contributed by atoms with E-state index in [-0.39, 0.29) is 0 Å².